The van der Waals surface area contributed by atoms with Gasteiger partial charge in [0.25, 0.3) is 5.91 Å². The summed E-state index contributed by atoms with van der Waals surface area (Å²) in [5.41, 5.74) is 4.11. The Morgan fingerprint density at radius 2 is 1.94 bits per heavy atom. The SMILES string of the molecule is CC(=O)N1CCC(Nc2cccc(C(=O)NCC(O)CN3CCc4ccccc4C3)c2)C1. The molecule has 4 rings (SSSR count). The van der Waals surface area contributed by atoms with Crippen molar-refractivity contribution in [3.63, 3.8) is 0 Å². The summed E-state index contributed by atoms with van der Waals surface area (Å²) in [6.07, 6.45) is 1.25. The second-order valence-electron chi connectivity index (χ2n) is 8.79. The van der Waals surface area contributed by atoms with Crippen LogP contribution in [0.4, 0.5) is 5.69 Å². The van der Waals surface area contributed by atoms with E-state index in [4.69, 9.17) is 0 Å². The molecule has 0 saturated carbocycles. The highest BCUT2D eigenvalue weighted by Crippen LogP contribution is 2.19. The molecule has 2 aliphatic rings. The summed E-state index contributed by atoms with van der Waals surface area (Å²) in [5, 5.41) is 16.7. The van der Waals surface area contributed by atoms with Crippen LogP contribution in [-0.4, -0.2) is 71.6 Å². The quantitative estimate of drug-likeness (QED) is 0.617. The lowest BCUT2D eigenvalue weighted by atomic mass is 10.00. The molecular weight excluding hydrogens is 404 g/mol. The first-order chi connectivity index (χ1) is 15.5. The molecule has 7 heteroatoms. The van der Waals surface area contributed by atoms with Gasteiger partial charge in [-0.05, 0) is 42.2 Å². The Hall–Kier alpha value is -2.90. The predicted octanol–water partition coefficient (Wildman–Crippen LogP) is 1.87. The van der Waals surface area contributed by atoms with Crippen LogP contribution in [0, 0.1) is 0 Å². The van der Waals surface area contributed by atoms with E-state index in [1.807, 2.05) is 29.2 Å². The Morgan fingerprint density at radius 3 is 2.72 bits per heavy atom. The normalized spacial score (nSPS) is 19.3. The number of hydrogen-bond donors (Lipinski definition) is 3. The summed E-state index contributed by atoms with van der Waals surface area (Å²) < 4.78 is 0. The molecule has 32 heavy (non-hydrogen) atoms. The van der Waals surface area contributed by atoms with Gasteiger partial charge in [-0.1, -0.05) is 30.3 Å². The smallest absolute Gasteiger partial charge is 0.251 e. The molecule has 2 aliphatic heterocycles. The van der Waals surface area contributed by atoms with Crippen molar-refractivity contribution in [1.29, 1.82) is 0 Å². The molecule has 2 unspecified atom stereocenters. The van der Waals surface area contributed by atoms with Gasteiger partial charge in [0.2, 0.25) is 5.91 Å². The first-order valence-electron chi connectivity index (χ1n) is 11.4. The molecule has 2 aromatic rings. The fourth-order valence-electron chi connectivity index (χ4n) is 4.54. The van der Waals surface area contributed by atoms with E-state index in [2.05, 4.69) is 33.7 Å². The average molecular weight is 437 g/mol. The van der Waals surface area contributed by atoms with Gasteiger partial charge in [-0.2, -0.15) is 0 Å². The number of carbonyl (C=O) groups is 2. The van der Waals surface area contributed by atoms with Crippen LogP contribution in [0.1, 0.15) is 34.8 Å². The van der Waals surface area contributed by atoms with Crippen LogP contribution in [0.5, 0.6) is 0 Å². The van der Waals surface area contributed by atoms with Crippen molar-refractivity contribution in [3.8, 4) is 0 Å². The second kappa shape index (κ2) is 10.1. The number of fused-ring (bicyclic) bond motifs is 1. The minimum Gasteiger partial charge on any atom is -0.390 e. The standard InChI is InChI=1S/C25H32N4O3/c1-18(30)29-12-10-23(16-29)27-22-8-4-7-20(13-22)25(32)26-14-24(31)17-28-11-9-19-5-2-3-6-21(19)15-28/h2-8,13,23-24,27,31H,9-12,14-17H2,1H3,(H,26,32). The fraction of sp³-hybridized carbons (Fsp3) is 0.440. The number of carbonyl (C=O) groups excluding carboxylic acids is 2. The number of β-amino-alcohol motifs (C(OH)–C–C–N with tert-alkyl or cyclic N) is 1. The Bertz CT molecular complexity index is 964. The van der Waals surface area contributed by atoms with E-state index in [1.54, 1.807) is 13.0 Å². The Balaban J connectivity index is 1.24. The zero-order valence-electron chi connectivity index (χ0n) is 18.6. The largest absolute Gasteiger partial charge is 0.390 e. The molecule has 170 valence electrons. The van der Waals surface area contributed by atoms with Gasteiger partial charge in [-0.3, -0.25) is 14.5 Å². The number of aliphatic hydroxyl groups is 1. The molecule has 0 radical (unpaired) electrons. The molecule has 2 amide bonds. The second-order valence-corrected chi connectivity index (χ2v) is 8.79. The monoisotopic (exact) mass is 436 g/mol. The van der Waals surface area contributed by atoms with Crippen molar-refractivity contribution >= 4 is 17.5 Å². The maximum absolute atomic E-state index is 12.6. The number of benzene rings is 2. The molecule has 0 spiro atoms. The number of nitrogens with one attached hydrogen (secondary N) is 2. The molecule has 2 heterocycles. The summed E-state index contributed by atoms with van der Waals surface area (Å²) in [4.78, 5) is 28.2. The maximum atomic E-state index is 12.6. The molecule has 7 nitrogen and oxygen atoms in total. The van der Waals surface area contributed by atoms with Crippen LogP contribution in [0.3, 0.4) is 0 Å². The zero-order valence-corrected chi connectivity index (χ0v) is 18.6. The summed E-state index contributed by atoms with van der Waals surface area (Å²) >= 11 is 0. The molecule has 1 fully saturated rings. The Morgan fingerprint density at radius 1 is 1.12 bits per heavy atom. The highest BCUT2D eigenvalue weighted by molar-refractivity contribution is 5.95. The number of nitrogens with zero attached hydrogens (tertiary/aromatic N) is 2. The fourth-order valence-corrected chi connectivity index (χ4v) is 4.54. The minimum absolute atomic E-state index is 0.0924. The summed E-state index contributed by atoms with van der Waals surface area (Å²) in [5.74, 6) is -0.108. The van der Waals surface area contributed by atoms with Crippen molar-refractivity contribution in [3.05, 3.63) is 65.2 Å². The van der Waals surface area contributed by atoms with Crippen LogP contribution in [0.25, 0.3) is 0 Å². The summed E-state index contributed by atoms with van der Waals surface area (Å²) in [7, 11) is 0. The van der Waals surface area contributed by atoms with Gasteiger partial charge in [0.05, 0.1) is 6.10 Å². The van der Waals surface area contributed by atoms with Gasteiger partial charge in [-0.15, -0.1) is 0 Å². The molecule has 0 aromatic heterocycles. The number of aliphatic hydroxyl groups excluding tert-OH is 1. The van der Waals surface area contributed by atoms with Crippen LogP contribution >= 0.6 is 0 Å². The van der Waals surface area contributed by atoms with Crippen molar-refractivity contribution in [2.75, 3.05) is 38.0 Å². The van der Waals surface area contributed by atoms with E-state index in [0.29, 0.717) is 18.7 Å². The van der Waals surface area contributed by atoms with Gasteiger partial charge < -0.3 is 20.6 Å². The van der Waals surface area contributed by atoms with Crippen molar-refractivity contribution in [2.45, 2.75) is 38.5 Å². The lowest BCUT2D eigenvalue weighted by Crippen LogP contribution is -2.42. The third-order valence-electron chi connectivity index (χ3n) is 6.31. The molecule has 0 bridgehead atoms. The Kier molecular flexibility index (Phi) is 7.07. The van der Waals surface area contributed by atoms with Gasteiger partial charge in [0.15, 0.2) is 0 Å². The first kappa shape index (κ1) is 22.3. The van der Waals surface area contributed by atoms with Gasteiger partial charge in [0.1, 0.15) is 0 Å². The van der Waals surface area contributed by atoms with Gasteiger partial charge >= 0.3 is 0 Å². The van der Waals surface area contributed by atoms with E-state index in [0.717, 1.165) is 38.2 Å². The average Bonchev–Trinajstić information content (AvgIpc) is 3.26. The third-order valence-corrected chi connectivity index (χ3v) is 6.31. The number of likely N-dealkylation sites (tertiary alicyclic amines) is 1. The van der Waals surface area contributed by atoms with E-state index in [1.165, 1.54) is 11.1 Å². The summed E-state index contributed by atoms with van der Waals surface area (Å²) in [6, 6.07) is 16.0. The van der Waals surface area contributed by atoms with E-state index < -0.39 is 6.10 Å². The zero-order chi connectivity index (χ0) is 22.5. The van der Waals surface area contributed by atoms with E-state index in [9.17, 15) is 14.7 Å². The van der Waals surface area contributed by atoms with Crippen LogP contribution < -0.4 is 10.6 Å². The van der Waals surface area contributed by atoms with E-state index >= 15 is 0 Å². The molecule has 0 aliphatic carbocycles. The third kappa shape index (κ3) is 5.66. The molecule has 1 saturated heterocycles. The van der Waals surface area contributed by atoms with E-state index in [-0.39, 0.29) is 24.4 Å². The lowest BCUT2D eigenvalue weighted by Gasteiger charge is -2.30. The van der Waals surface area contributed by atoms with Crippen molar-refractivity contribution < 1.29 is 14.7 Å². The lowest BCUT2D eigenvalue weighted by molar-refractivity contribution is -0.127. The number of hydrogen-bond acceptors (Lipinski definition) is 5. The minimum atomic E-state index is -0.624. The van der Waals surface area contributed by atoms with Crippen LogP contribution in [0.2, 0.25) is 0 Å². The molecule has 2 aromatic carbocycles. The maximum Gasteiger partial charge on any atom is 0.251 e. The summed E-state index contributed by atoms with van der Waals surface area (Å²) in [6.45, 7) is 5.52. The number of amides is 2. The number of anilines is 1. The Labute approximate surface area is 189 Å². The molecular formula is C25H32N4O3. The first-order valence-corrected chi connectivity index (χ1v) is 11.4. The highest BCUT2D eigenvalue weighted by atomic mass is 16.3. The highest BCUT2D eigenvalue weighted by Gasteiger charge is 2.24. The van der Waals surface area contributed by atoms with Crippen LogP contribution in [0.15, 0.2) is 48.5 Å². The van der Waals surface area contributed by atoms with Gasteiger partial charge in [0, 0.05) is 63.5 Å². The topological polar surface area (TPSA) is 84.9 Å². The van der Waals surface area contributed by atoms with Crippen molar-refractivity contribution in [1.82, 2.24) is 15.1 Å². The van der Waals surface area contributed by atoms with Crippen LogP contribution in [-0.2, 0) is 17.8 Å². The van der Waals surface area contributed by atoms with Gasteiger partial charge in [-0.25, -0.2) is 0 Å². The van der Waals surface area contributed by atoms with Crippen molar-refractivity contribution in [2.24, 2.45) is 0 Å². The predicted molar refractivity (Wildman–Crippen MR) is 124 cm³/mol. The number of rotatable bonds is 7. The molecule has 3 N–H and O–H groups in total. The molecule has 2 atom stereocenters.